The molecule has 0 aliphatic rings. The maximum atomic E-state index is 13.9. The van der Waals surface area contributed by atoms with Gasteiger partial charge in [0.2, 0.25) is 0 Å². The lowest BCUT2D eigenvalue weighted by Gasteiger charge is -2.15. The number of imidazole rings is 1. The molecule has 0 radical (unpaired) electrons. The molecule has 0 fully saturated rings. The maximum Gasteiger partial charge on any atom is 0.307 e. The highest BCUT2D eigenvalue weighted by atomic mass is 19.1. The molecule has 7 N–H and O–H groups in total. The molecule has 1 aromatic heterocycles. The van der Waals surface area contributed by atoms with Crippen molar-refractivity contribution in [1.29, 1.82) is 5.41 Å². The number of halogens is 1. The Kier molecular flexibility index (Phi) is 4.78. The van der Waals surface area contributed by atoms with Crippen molar-refractivity contribution in [3.05, 3.63) is 65.5 Å². The van der Waals surface area contributed by atoms with E-state index < -0.39 is 18.2 Å². The van der Waals surface area contributed by atoms with Gasteiger partial charge in [0.05, 0.1) is 17.5 Å². The molecule has 156 valence electrons. The lowest BCUT2D eigenvalue weighted by atomic mass is 9.91. The van der Waals surface area contributed by atoms with E-state index in [4.69, 9.17) is 11.1 Å². The first-order valence-corrected chi connectivity index (χ1v) is 9.14. The molecule has 0 aliphatic carbocycles. The Morgan fingerprint density at radius 2 is 1.81 bits per heavy atom. The zero-order chi connectivity index (χ0) is 22.3. The molecule has 0 saturated heterocycles. The number of benzene rings is 3. The summed E-state index contributed by atoms with van der Waals surface area (Å²) in [6.45, 7) is 0. The van der Waals surface area contributed by atoms with Gasteiger partial charge in [-0.25, -0.2) is 9.37 Å². The van der Waals surface area contributed by atoms with Crippen LogP contribution in [0, 0.1) is 11.2 Å². The van der Waals surface area contributed by atoms with Crippen LogP contribution in [0.5, 0.6) is 11.5 Å². The molecule has 0 aliphatic heterocycles. The Morgan fingerprint density at radius 1 is 1.06 bits per heavy atom. The topological polar surface area (TPSA) is 156 Å². The lowest BCUT2D eigenvalue weighted by molar-refractivity contribution is -0.136. The van der Waals surface area contributed by atoms with Crippen LogP contribution < -0.4 is 5.73 Å². The molecule has 0 bridgehead atoms. The van der Waals surface area contributed by atoms with Crippen LogP contribution in [0.1, 0.15) is 11.1 Å². The van der Waals surface area contributed by atoms with Gasteiger partial charge in [-0.3, -0.25) is 10.2 Å². The van der Waals surface area contributed by atoms with Gasteiger partial charge >= 0.3 is 5.97 Å². The number of H-pyrrole nitrogens is 1. The number of nitrogen functional groups attached to an aromatic ring is 1. The first-order valence-electron chi connectivity index (χ1n) is 9.14. The third-order valence-corrected chi connectivity index (χ3v) is 4.90. The molecule has 1 heterocycles. The van der Waals surface area contributed by atoms with E-state index in [1.165, 1.54) is 12.1 Å². The normalized spacial score (nSPS) is 11.0. The molecular formula is C22H17FN4O4. The van der Waals surface area contributed by atoms with E-state index in [-0.39, 0.29) is 34.0 Å². The fraction of sp³-hybridized carbons (Fsp3) is 0.0455. The first kappa shape index (κ1) is 19.9. The van der Waals surface area contributed by atoms with Crippen LogP contribution in [0.4, 0.5) is 4.39 Å². The number of phenolic OH excluding ortho intramolecular Hbond substituents is 2. The number of carboxylic acids is 1. The number of nitrogens with two attached hydrogens (primary N) is 1. The number of hydrogen-bond acceptors (Lipinski definition) is 5. The predicted molar refractivity (Wildman–Crippen MR) is 113 cm³/mol. The van der Waals surface area contributed by atoms with Gasteiger partial charge in [-0.2, -0.15) is 0 Å². The molecule has 4 rings (SSSR count). The minimum atomic E-state index is -1.18. The average molecular weight is 420 g/mol. The second-order valence-electron chi connectivity index (χ2n) is 6.95. The smallest absolute Gasteiger partial charge is 0.307 e. The largest absolute Gasteiger partial charge is 0.507 e. The molecule has 4 aromatic rings. The van der Waals surface area contributed by atoms with Crippen LogP contribution >= 0.6 is 0 Å². The predicted octanol–water partition coefficient (Wildman–Crippen LogP) is 3.36. The van der Waals surface area contributed by atoms with E-state index in [0.717, 1.165) is 18.2 Å². The number of fused-ring (bicyclic) bond motifs is 1. The van der Waals surface area contributed by atoms with Crippen molar-refractivity contribution in [2.45, 2.75) is 6.42 Å². The van der Waals surface area contributed by atoms with Crippen molar-refractivity contribution in [2.24, 2.45) is 5.73 Å². The van der Waals surface area contributed by atoms with Crippen molar-refractivity contribution >= 4 is 22.8 Å². The van der Waals surface area contributed by atoms with Crippen LogP contribution in [0.15, 0.2) is 48.5 Å². The Balaban J connectivity index is 1.98. The van der Waals surface area contributed by atoms with Crippen LogP contribution in [-0.2, 0) is 11.2 Å². The second-order valence-corrected chi connectivity index (χ2v) is 6.95. The summed E-state index contributed by atoms with van der Waals surface area (Å²) in [4.78, 5) is 19.2. The average Bonchev–Trinajstić information content (AvgIpc) is 3.13. The Labute approximate surface area is 174 Å². The summed E-state index contributed by atoms with van der Waals surface area (Å²) in [6, 6.07) is 11.0. The van der Waals surface area contributed by atoms with Gasteiger partial charge in [0, 0.05) is 22.3 Å². The van der Waals surface area contributed by atoms with Gasteiger partial charge in [0.1, 0.15) is 29.0 Å². The summed E-state index contributed by atoms with van der Waals surface area (Å²) in [6.07, 6.45) is -0.509. The number of phenols is 2. The van der Waals surface area contributed by atoms with E-state index >= 15 is 0 Å². The van der Waals surface area contributed by atoms with Crippen molar-refractivity contribution < 1.29 is 24.5 Å². The first-order chi connectivity index (χ1) is 14.7. The van der Waals surface area contributed by atoms with E-state index in [0.29, 0.717) is 28.0 Å². The summed E-state index contributed by atoms with van der Waals surface area (Å²) in [5.41, 5.74) is 7.62. The van der Waals surface area contributed by atoms with E-state index in [1.54, 1.807) is 18.2 Å². The Bertz CT molecular complexity index is 1360. The maximum absolute atomic E-state index is 13.9. The van der Waals surface area contributed by atoms with Gasteiger partial charge in [0.15, 0.2) is 0 Å². The van der Waals surface area contributed by atoms with Crippen LogP contribution in [0.25, 0.3) is 33.5 Å². The van der Waals surface area contributed by atoms with Gasteiger partial charge in [-0.1, -0.05) is 0 Å². The summed E-state index contributed by atoms with van der Waals surface area (Å²) < 4.78 is 13.9. The SMILES string of the molecule is N=C(N)c1ccc2[nH]c(-c3ccc(O)c(-c4cc(F)ccc4O)c3CC(=O)O)nc2c1. The molecule has 9 heteroatoms. The number of aromatic amines is 1. The molecular weight excluding hydrogens is 403 g/mol. The fourth-order valence-corrected chi connectivity index (χ4v) is 3.50. The van der Waals surface area contributed by atoms with Gasteiger partial charge in [0.25, 0.3) is 0 Å². The molecule has 0 unspecified atom stereocenters. The zero-order valence-corrected chi connectivity index (χ0v) is 16.0. The molecule has 0 atom stereocenters. The van der Waals surface area contributed by atoms with Crippen molar-refractivity contribution in [3.8, 4) is 34.0 Å². The third kappa shape index (κ3) is 3.64. The Hall–Kier alpha value is -4.40. The third-order valence-electron chi connectivity index (χ3n) is 4.90. The molecule has 0 spiro atoms. The fourth-order valence-electron chi connectivity index (χ4n) is 3.50. The van der Waals surface area contributed by atoms with Crippen LogP contribution in [-0.4, -0.2) is 37.1 Å². The number of nitrogens with one attached hydrogen (secondary N) is 2. The summed E-state index contributed by atoms with van der Waals surface area (Å²) in [5, 5.41) is 37.8. The molecule has 3 aromatic carbocycles. The minimum Gasteiger partial charge on any atom is -0.507 e. The van der Waals surface area contributed by atoms with E-state index in [1.807, 2.05) is 0 Å². The van der Waals surface area contributed by atoms with Gasteiger partial charge < -0.3 is 26.0 Å². The van der Waals surface area contributed by atoms with Crippen molar-refractivity contribution in [2.75, 3.05) is 0 Å². The molecule has 31 heavy (non-hydrogen) atoms. The van der Waals surface area contributed by atoms with Gasteiger partial charge in [-0.05, 0) is 54.1 Å². The minimum absolute atomic E-state index is 0.00165. The molecule has 0 saturated carbocycles. The number of rotatable bonds is 5. The van der Waals surface area contributed by atoms with Gasteiger partial charge in [-0.15, -0.1) is 0 Å². The summed E-state index contributed by atoms with van der Waals surface area (Å²) in [5.74, 6) is -2.26. The van der Waals surface area contributed by atoms with Crippen LogP contribution in [0.3, 0.4) is 0 Å². The number of amidine groups is 1. The van der Waals surface area contributed by atoms with Crippen molar-refractivity contribution in [3.63, 3.8) is 0 Å². The standard InChI is InChI=1S/C22H17FN4O4/c23-11-2-5-17(28)14(8-11)20-13(9-19(30)31)12(3-6-18(20)29)22-26-15-4-1-10(21(24)25)7-16(15)27-22/h1-8,28-29H,9H2,(H3,24,25)(H,26,27)(H,30,31). The number of aromatic hydroxyl groups is 2. The molecule has 0 amide bonds. The highest BCUT2D eigenvalue weighted by Gasteiger charge is 2.22. The number of aliphatic carboxylic acids is 1. The Morgan fingerprint density at radius 3 is 2.52 bits per heavy atom. The highest BCUT2D eigenvalue weighted by molar-refractivity contribution is 5.98. The second kappa shape index (κ2) is 7.45. The van der Waals surface area contributed by atoms with E-state index in [2.05, 4.69) is 9.97 Å². The van der Waals surface area contributed by atoms with E-state index in [9.17, 15) is 24.5 Å². The molecule has 8 nitrogen and oxygen atoms in total. The zero-order valence-electron chi connectivity index (χ0n) is 16.0. The number of carbonyl (C=O) groups is 1. The number of hydrogen-bond donors (Lipinski definition) is 6. The quantitative estimate of drug-likeness (QED) is 0.215. The van der Waals surface area contributed by atoms with Crippen molar-refractivity contribution in [1.82, 2.24) is 9.97 Å². The lowest BCUT2D eigenvalue weighted by Crippen LogP contribution is -2.10. The number of nitrogens with zero attached hydrogens (tertiary/aromatic N) is 1. The summed E-state index contributed by atoms with van der Waals surface area (Å²) in [7, 11) is 0. The highest BCUT2D eigenvalue weighted by Crippen LogP contribution is 2.42. The summed E-state index contributed by atoms with van der Waals surface area (Å²) >= 11 is 0. The number of carboxylic acid groups (broad SMARTS) is 1. The number of aromatic nitrogens is 2. The monoisotopic (exact) mass is 420 g/mol. The van der Waals surface area contributed by atoms with Crippen LogP contribution in [0.2, 0.25) is 0 Å².